The van der Waals surface area contributed by atoms with E-state index in [4.69, 9.17) is 25.5 Å². The Bertz CT molecular complexity index is 1500. The van der Waals surface area contributed by atoms with E-state index in [2.05, 4.69) is 5.43 Å². The normalized spacial score (nSPS) is 17.1. The number of hydrogen-bond acceptors (Lipinski definition) is 6. The molecule has 188 valence electrons. The second-order valence-corrected chi connectivity index (χ2v) is 9.09. The van der Waals surface area contributed by atoms with Gasteiger partial charge in [0.1, 0.15) is 17.1 Å². The number of amides is 2. The second kappa shape index (κ2) is 10.4. The van der Waals surface area contributed by atoms with Crippen molar-refractivity contribution >= 4 is 34.4 Å². The molecule has 0 saturated carbocycles. The van der Waals surface area contributed by atoms with E-state index < -0.39 is 23.0 Å². The van der Waals surface area contributed by atoms with E-state index in [0.717, 1.165) is 22.1 Å². The molecule has 4 aromatic rings. The number of hydrazine groups is 1. The summed E-state index contributed by atoms with van der Waals surface area (Å²) in [7, 11) is 1.57. The van der Waals surface area contributed by atoms with Crippen LogP contribution in [-0.2, 0) is 9.59 Å². The first-order valence-corrected chi connectivity index (χ1v) is 12.0. The van der Waals surface area contributed by atoms with Gasteiger partial charge in [-0.05, 0) is 41.0 Å². The highest BCUT2D eigenvalue weighted by Gasteiger charge is 2.41. The van der Waals surface area contributed by atoms with Gasteiger partial charge in [0.25, 0.3) is 5.91 Å². The Morgan fingerprint density at radius 2 is 1.76 bits per heavy atom. The monoisotopic (exact) mass is 518 g/mol. The average Bonchev–Trinajstić information content (AvgIpc) is 3.19. The molecule has 1 N–H and O–H groups in total. The fourth-order valence-electron chi connectivity index (χ4n) is 4.39. The van der Waals surface area contributed by atoms with Gasteiger partial charge in [0.2, 0.25) is 5.91 Å². The molecule has 1 saturated heterocycles. The van der Waals surface area contributed by atoms with Crippen molar-refractivity contribution in [3.8, 4) is 22.6 Å². The third kappa shape index (κ3) is 5.15. The zero-order valence-electron chi connectivity index (χ0n) is 19.8. The van der Waals surface area contributed by atoms with Crippen LogP contribution in [0.5, 0.6) is 11.5 Å². The van der Waals surface area contributed by atoms with Crippen LogP contribution in [0.15, 0.2) is 88.1 Å². The third-order valence-electron chi connectivity index (χ3n) is 6.13. The van der Waals surface area contributed by atoms with Crippen LogP contribution < -0.4 is 20.5 Å². The van der Waals surface area contributed by atoms with Gasteiger partial charge in [-0.3, -0.25) is 15.0 Å². The number of methoxy groups -OCH3 is 1. The van der Waals surface area contributed by atoms with Gasteiger partial charge in [-0.2, -0.15) is 0 Å². The molecule has 1 aliphatic rings. The highest BCUT2D eigenvalue weighted by atomic mass is 35.5. The van der Waals surface area contributed by atoms with Gasteiger partial charge in [0.15, 0.2) is 6.61 Å². The number of hydrogen-bond donors (Lipinski definition) is 1. The molecule has 0 bridgehead atoms. The Kier molecular flexibility index (Phi) is 6.83. The number of ether oxygens (including phenoxy) is 2. The largest absolute Gasteiger partial charge is 0.497 e. The predicted molar refractivity (Wildman–Crippen MR) is 138 cm³/mol. The molecule has 37 heavy (non-hydrogen) atoms. The fraction of sp³-hybridized carbons (Fsp3) is 0.179. The van der Waals surface area contributed by atoms with Gasteiger partial charge in [0, 0.05) is 23.9 Å². The molecule has 0 aliphatic carbocycles. The SMILES string of the molecule is COc1ccc(C2C(Cl)CC(=O)N2NC(=O)COc2ccc3c(-c4ccccc4)cc(=O)oc3c2)cc1. The third-order valence-corrected chi connectivity index (χ3v) is 6.53. The minimum absolute atomic E-state index is 0.0901. The summed E-state index contributed by atoms with van der Waals surface area (Å²) in [6.45, 7) is -0.361. The predicted octanol–water partition coefficient (Wildman–Crippen LogP) is 4.46. The van der Waals surface area contributed by atoms with Crippen molar-refractivity contribution in [2.75, 3.05) is 13.7 Å². The highest BCUT2D eigenvalue weighted by Crippen LogP contribution is 2.36. The second-order valence-electron chi connectivity index (χ2n) is 8.53. The molecule has 0 spiro atoms. The Morgan fingerprint density at radius 1 is 1.03 bits per heavy atom. The smallest absolute Gasteiger partial charge is 0.336 e. The Balaban J connectivity index is 1.30. The Labute approximate surface area is 217 Å². The van der Waals surface area contributed by atoms with Crippen molar-refractivity contribution < 1.29 is 23.5 Å². The number of rotatable bonds is 7. The molecule has 1 fully saturated rings. The number of alkyl halides is 1. The summed E-state index contributed by atoms with van der Waals surface area (Å²) in [4.78, 5) is 37.4. The standard InChI is InChI=1S/C28H23ClN2O6/c1-35-19-9-7-18(8-10-19)28-23(29)15-26(33)31(28)30-25(32)16-36-20-11-12-21-22(17-5-3-2-4-6-17)14-27(34)37-24(21)13-20/h2-14,23,28H,15-16H2,1H3,(H,30,32). The number of halogens is 1. The summed E-state index contributed by atoms with van der Waals surface area (Å²) in [6, 6.07) is 22.6. The maximum absolute atomic E-state index is 12.7. The van der Waals surface area contributed by atoms with Crippen LogP contribution in [-0.4, -0.2) is 35.9 Å². The lowest BCUT2D eigenvalue weighted by Gasteiger charge is -2.27. The van der Waals surface area contributed by atoms with Gasteiger partial charge < -0.3 is 13.9 Å². The molecule has 0 radical (unpaired) electrons. The number of nitrogens with one attached hydrogen (secondary N) is 1. The molecule has 1 aliphatic heterocycles. The fourth-order valence-corrected chi connectivity index (χ4v) is 4.78. The van der Waals surface area contributed by atoms with Crippen LogP contribution in [0.3, 0.4) is 0 Å². The quantitative estimate of drug-likeness (QED) is 0.286. The van der Waals surface area contributed by atoms with Crippen molar-refractivity contribution in [1.29, 1.82) is 0 Å². The molecule has 8 nitrogen and oxygen atoms in total. The van der Waals surface area contributed by atoms with E-state index in [9.17, 15) is 14.4 Å². The Morgan fingerprint density at radius 3 is 2.49 bits per heavy atom. The van der Waals surface area contributed by atoms with Crippen LogP contribution in [0.25, 0.3) is 22.1 Å². The molecule has 3 aromatic carbocycles. The summed E-state index contributed by atoms with van der Waals surface area (Å²) < 4.78 is 16.2. The van der Waals surface area contributed by atoms with Gasteiger partial charge in [0.05, 0.1) is 18.5 Å². The molecule has 2 heterocycles. The van der Waals surface area contributed by atoms with Crippen molar-refractivity contribution in [2.45, 2.75) is 17.8 Å². The van der Waals surface area contributed by atoms with E-state index in [1.165, 1.54) is 11.1 Å². The van der Waals surface area contributed by atoms with Crippen LogP contribution in [0.1, 0.15) is 18.0 Å². The number of benzene rings is 3. The number of fused-ring (bicyclic) bond motifs is 1. The van der Waals surface area contributed by atoms with Crippen LogP contribution in [0.4, 0.5) is 0 Å². The molecule has 2 amide bonds. The zero-order chi connectivity index (χ0) is 25.9. The first kappa shape index (κ1) is 24.4. The van der Waals surface area contributed by atoms with Crippen molar-refractivity contribution in [3.05, 3.63) is 94.8 Å². The first-order chi connectivity index (χ1) is 17.9. The average molecular weight is 519 g/mol. The minimum atomic E-state index is -0.532. The van der Waals surface area contributed by atoms with E-state index in [0.29, 0.717) is 17.1 Å². The van der Waals surface area contributed by atoms with Gasteiger partial charge >= 0.3 is 5.63 Å². The summed E-state index contributed by atoms with van der Waals surface area (Å²) >= 11 is 6.45. The summed E-state index contributed by atoms with van der Waals surface area (Å²) in [5.74, 6) is 0.184. The van der Waals surface area contributed by atoms with Crippen LogP contribution in [0.2, 0.25) is 0 Å². The molecule has 2 unspecified atom stereocenters. The van der Waals surface area contributed by atoms with Gasteiger partial charge in [-0.15, -0.1) is 11.6 Å². The van der Waals surface area contributed by atoms with Crippen LogP contribution >= 0.6 is 11.6 Å². The summed E-state index contributed by atoms with van der Waals surface area (Å²) in [6.07, 6.45) is 0.0901. The Hall–Kier alpha value is -4.30. The lowest BCUT2D eigenvalue weighted by Crippen LogP contribution is -2.46. The number of nitrogens with zero attached hydrogens (tertiary/aromatic N) is 1. The van der Waals surface area contributed by atoms with Gasteiger partial charge in [-0.1, -0.05) is 42.5 Å². The lowest BCUT2D eigenvalue weighted by atomic mass is 10.0. The lowest BCUT2D eigenvalue weighted by molar-refractivity contribution is -0.141. The first-order valence-electron chi connectivity index (χ1n) is 11.6. The molecule has 5 rings (SSSR count). The van der Waals surface area contributed by atoms with Crippen molar-refractivity contribution in [3.63, 3.8) is 0 Å². The topological polar surface area (TPSA) is 98.1 Å². The summed E-state index contributed by atoms with van der Waals surface area (Å²) in [5, 5.41) is 1.47. The summed E-state index contributed by atoms with van der Waals surface area (Å²) in [5.41, 5.74) is 4.85. The molecule has 9 heteroatoms. The van der Waals surface area contributed by atoms with Crippen molar-refractivity contribution in [2.24, 2.45) is 0 Å². The van der Waals surface area contributed by atoms with E-state index >= 15 is 0 Å². The van der Waals surface area contributed by atoms with Crippen molar-refractivity contribution in [1.82, 2.24) is 10.4 Å². The minimum Gasteiger partial charge on any atom is -0.497 e. The number of carbonyl (C=O) groups is 2. The zero-order valence-corrected chi connectivity index (χ0v) is 20.6. The van der Waals surface area contributed by atoms with Crippen LogP contribution in [0, 0.1) is 0 Å². The van der Waals surface area contributed by atoms with E-state index in [-0.39, 0.29) is 18.9 Å². The maximum Gasteiger partial charge on any atom is 0.336 e. The van der Waals surface area contributed by atoms with E-state index in [1.807, 2.05) is 30.3 Å². The molecule has 2 atom stereocenters. The molecular weight excluding hydrogens is 496 g/mol. The number of carbonyl (C=O) groups excluding carboxylic acids is 2. The molecular formula is C28H23ClN2O6. The maximum atomic E-state index is 12.7. The van der Waals surface area contributed by atoms with Gasteiger partial charge in [-0.25, -0.2) is 9.80 Å². The molecule has 1 aromatic heterocycles. The highest BCUT2D eigenvalue weighted by molar-refractivity contribution is 6.23. The van der Waals surface area contributed by atoms with E-state index in [1.54, 1.807) is 49.6 Å².